The highest BCUT2D eigenvalue weighted by atomic mass is 19.1. The Kier molecular flexibility index (Phi) is 8.14. The maximum atomic E-state index is 15.4. The Labute approximate surface area is 215 Å². The van der Waals surface area contributed by atoms with Gasteiger partial charge in [-0.05, 0) is 49.6 Å². The summed E-state index contributed by atoms with van der Waals surface area (Å²) in [4.78, 5) is 29.0. The highest BCUT2D eigenvalue weighted by Crippen LogP contribution is 2.35. The van der Waals surface area contributed by atoms with Crippen molar-refractivity contribution in [2.24, 2.45) is 5.73 Å². The van der Waals surface area contributed by atoms with Crippen LogP contribution < -0.4 is 20.6 Å². The quantitative estimate of drug-likeness (QED) is 0.448. The Hall–Kier alpha value is -3.43. The molecule has 1 aliphatic rings. The molecule has 4 rings (SSSR count). The van der Waals surface area contributed by atoms with Crippen LogP contribution in [0.1, 0.15) is 26.7 Å². The van der Waals surface area contributed by atoms with Gasteiger partial charge in [0.25, 0.3) is 0 Å². The number of nitrogens with two attached hydrogens (primary N) is 1. The van der Waals surface area contributed by atoms with E-state index in [2.05, 4.69) is 4.90 Å². The van der Waals surface area contributed by atoms with Gasteiger partial charge in [-0.15, -0.1) is 0 Å². The molecule has 37 heavy (non-hydrogen) atoms. The highest BCUT2D eigenvalue weighted by Gasteiger charge is 2.36. The molecule has 198 valence electrons. The van der Waals surface area contributed by atoms with Crippen molar-refractivity contribution >= 4 is 16.8 Å². The van der Waals surface area contributed by atoms with Gasteiger partial charge in [0, 0.05) is 31.4 Å². The van der Waals surface area contributed by atoms with Gasteiger partial charge in [0.15, 0.2) is 5.43 Å². The molecule has 3 aromatic rings. The number of primary amides is 1. The van der Waals surface area contributed by atoms with Crippen molar-refractivity contribution in [2.75, 3.05) is 46.6 Å². The van der Waals surface area contributed by atoms with Gasteiger partial charge in [0.1, 0.15) is 22.9 Å². The second-order valence-corrected chi connectivity index (χ2v) is 9.43. The lowest BCUT2D eigenvalue weighted by Gasteiger charge is -2.35. The van der Waals surface area contributed by atoms with Crippen LogP contribution in [-0.4, -0.2) is 61.9 Å². The third-order valence-electron chi connectivity index (χ3n) is 7.00. The average molecular weight is 512 g/mol. The lowest BCUT2D eigenvalue weighted by Crippen LogP contribution is -2.48. The molecular weight excluding hydrogens is 477 g/mol. The molecule has 8 nitrogen and oxygen atoms in total. The van der Waals surface area contributed by atoms with Crippen LogP contribution in [0.3, 0.4) is 0 Å². The zero-order valence-electron chi connectivity index (χ0n) is 21.6. The van der Waals surface area contributed by atoms with E-state index in [9.17, 15) is 9.59 Å². The van der Waals surface area contributed by atoms with Gasteiger partial charge in [0.05, 0.1) is 37.8 Å². The van der Waals surface area contributed by atoms with Gasteiger partial charge in [-0.3, -0.25) is 14.5 Å². The molecule has 1 aliphatic heterocycles. The van der Waals surface area contributed by atoms with E-state index in [1.165, 1.54) is 12.1 Å². The largest absolute Gasteiger partial charge is 0.497 e. The van der Waals surface area contributed by atoms with E-state index in [1.807, 2.05) is 6.92 Å². The zero-order valence-corrected chi connectivity index (χ0v) is 21.6. The first-order valence-corrected chi connectivity index (χ1v) is 12.6. The minimum Gasteiger partial charge on any atom is -0.497 e. The molecule has 0 spiro atoms. The summed E-state index contributed by atoms with van der Waals surface area (Å²) in [7, 11) is 1.55. The number of morpholine rings is 1. The maximum Gasteiger partial charge on any atom is 0.243 e. The van der Waals surface area contributed by atoms with Gasteiger partial charge in [-0.2, -0.15) is 0 Å². The number of nitrogens with zero attached hydrogens (tertiary/aromatic N) is 2. The monoisotopic (exact) mass is 511 g/mol. The summed E-state index contributed by atoms with van der Waals surface area (Å²) in [5, 5.41) is -0.138. The standard InChI is InChI=1S/C28H34FN3O5/c1-4-15-37-23-10-9-22(29)24-25(23)32(18-21(26(24)33)19-5-7-20(35-3)8-6-19)28(2,27(30)34)11-12-31-13-16-36-17-14-31/h5-10,18H,4,11-17H2,1-3H3,(H2,30,34). The average Bonchev–Trinajstić information content (AvgIpc) is 2.92. The second kappa shape index (κ2) is 11.3. The number of benzene rings is 2. The zero-order chi connectivity index (χ0) is 26.6. The molecule has 0 radical (unpaired) electrons. The lowest BCUT2D eigenvalue weighted by atomic mass is 9.93. The SMILES string of the molecule is CCCOc1ccc(F)c2c(=O)c(-c3ccc(OC)cc3)cn(C(C)(CCN3CCOCC3)C(N)=O)c12. The number of ether oxygens (including phenoxy) is 3. The number of carbonyl (C=O) groups is 1. The number of hydrogen-bond donors (Lipinski definition) is 1. The normalized spacial score (nSPS) is 15.9. The summed E-state index contributed by atoms with van der Waals surface area (Å²) in [6.07, 6.45) is 2.68. The van der Waals surface area contributed by atoms with Gasteiger partial charge >= 0.3 is 0 Å². The highest BCUT2D eigenvalue weighted by molar-refractivity contribution is 5.92. The first-order valence-electron chi connectivity index (χ1n) is 12.6. The third-order valence-corrected chi connectivity index (χ3v) is 7.00. The molecule has 1 aromatic heterocycles. The molecule has 1 unspecified atom stereocenters. The van der Waals surface area contributed by atoms with Crippen molar-refractivity contribution in [1.29, 1.82) is 0 Å². The molecule has 0 saturated carbocycles. The van der Waals surface area contributed by atoms with Crippen LogP contribution in [0.2, 0.25) is 0 Å². The molecule has 2 heterocycles. The predicted molar refractivity (Wildman–Crippen MR) is 141 cm³/mol. The van der Waals surface area contributed by atoms with E-state index in [1.54, 1.807) is 49.1 Å². The van der Waals surface area contributed by atoms with Gasteiger partial charge in [-0.1, -0.05) is 19.1 Å². The minimum absolute atomic E-state index is 0.138. The van der Waals surface area contributed by atoms with Crippen molar-refractivity contribution in [3.63, 3.8) is 0 Å². The number of halogens is 1. The predicted octanol–water partition coefficient (Wildman–Crippen LogP) is 3.53. The number of fused-ring (bicyclic) bond motifs is 1. The van der Waals surface area contributed by atoms with Gasteiger partial charge < -0.3 is 24.5 Å². The van der Waals surface area contributed by atoms with E-state index >= 15 is 4.39 Å². The number of rotatable bonds is 10. The molecule has 1 saturated heterocycles. The molecule has 1 amide bonds. The summed E-state index contributed by atoms with van der Waals surface area (Å²) >= 11 is 0. The van der Waals surface area contributed by atoms with Crippen molar-refractivity contribution in [1.82, 2.24) is 9.47 Å². The lowest BCUT2D eigenvalue weighted by molar-refractivity contribution is -0.126. The van der Waals surface area contributed by atoms with Gasteiger partial charge in [-0.25, -0.2) is 4.39 Å². The summed E-state index contributed by atoms with van der Waals surface area (Å²) < 4.78 is 33.6. The summed E-state index contributed by atoms with van der Waals surface area (Å²) in [5.41, 5.74) is 5.31. The first-order chi connectivity index (χ1) is 17.8. The Bertz CT molecular complexity index is 1320. The molecule has 2 aromatic carbocycles. The van der Waals surface area contributed by atoms with Crippen LogP contribution in [0.15, 0.2) is 47.4 Å². The van der Waals surface area contributed by atoms with Crippen molar-refractivity contribution in [3.8, 4) is 22.6 Å². The third kappa shape index (κ3) is 5.33. The minimum atomic E-state index is -1.27. The molecule has 1 atom stereocenters. The number of amides is 1. The maximum absolute atomic E-state index is 15.4. The van der Waals surface area contributed by atoms with Crippen LogP contribution >= 0.6 is 0 Å². The van der Waals surface area contributed by atoms with E-state index in [0.29, 0.717) is 49.8 Å². The molecule has 0 bridgehead atoms. The summed E-state index contributed by atoms with van der Waals surface area (Å²) in [5.74, 6) is -0.320. The van der Waals surface area contributed by atoms with Crippen LogP contribution in [0, 0.1) is 5.82 Å². The Morgan fingerprint density at radius 1 is 1.16 bits per heavy atom. The molecule has 9 heteroatoms. The number of hydrogen-bond acceptors (Lipinski definition) is 6. The summed E-state index contributed by atoms with van der Waals surface area (Å²) in [6, 6.07) is 9.65. The Morgan fingerprint density at radius 2 is 1.86 bits per heavy atom. The molecule has 1 fully saturated rings. The van der Waals surface area contributed by atoms with Crippen LogP contribution in [-0.2, 0) is 15.1 Å². The second-order valence-electron chi connectivity index (χ2n) is 9.43. The number of methoxy groups -OCH3 is 1. The van der Waals surface area contributed by atoms with E-state index < -0.39 is 22.7 Å². The Morgan fingerprint density at radius 3 is 2.49 bits per heavy atom. The van der Waals surface area contributed by atoms with Crippen molar-refractivity contribution < 1.29 is 23.4 Å². The van der Waals surface area contributed by atoms with E-state index in [4.69, 9.17) is 19.9 Å². The van der Waals surface area contributed by atoms with Gasteiger partial charge in [0.2, 0.25) is 5.91 Å². The summed E-state index contributed by atoms with van der Waals surface area (Å²) in [6.45, 7) is 7.37. The first kappa shape index (κ1) is 26.6. The number of pyridine rings is 1. The van der Waals surface area contributed by atoms with Crippen LogP contribution in [0.4, 0.5) is 4.39 Å². The molecule has 0 aliphatic carbocycles. The van der Waals surface area contributed by atoms with E-state index in [-0.39, 0.29) is 16.5 Å². The van der Waals surface area contributed by atoms with Crippen molar-refractivity contribution in [3.05, 3.63) is 58.6 Å². The topological polar surface area (TPSA) is 96.0 Å². The fourth-order valence-electron chi connectivity index (χ4n) is 4.65. The molecule has 2 N–H and O–H groups in total. The number of aromatic nitrogens is 1. The van der Waals surface area contributed by atoms with E-state index in [0.717, 1.165) is 19.5 Å². The number of carbonyl (C=O) groups excluding carboxylic acids is 1. The van der Waals surface area contributed by atoms with Crippen molar-refractivity contribution in [2.45, 2.75) is 32.2 Å². The fraction of sp³-hybridized carbons (Fsp3) is 0.429. The van der Waals surface area contributed by atoms with Crippen LogP contribution in [0.25, 0.3) is 22.0 Å². The smallest absolute Gasteiger partial charge is 0.243 e. The Balaban J connectivity index is 1.96. The molecular formula is C28H34FN3O5. The fourth-order valence-corrected chi connectivity index (χ4v) is 4.65. The van der Waals surface area contributed by atoms with Crippen LogP contribution in [0.5, 0.6) is 11.5 Å².